The van der Waals surface area contributed by atoms with Crippen molar-refractivity contribution in [3.05, 3.63) is 27.7 Å². The molecule has 0 N–H and O–H groups in total. The number of hydrogen-bond acceptors (Lipinski definition) is 1. The van der Waals surface area contributed by atoms with Gasteiger partial charge in [-0.2, -0.15) is 35.1 Å². The number of aliphatic imine (C=N–C) groups is 1. The highest BCUT2D eigenvalue weighted by atomic mass is 35.5. The van der Waals surface area contributed by atoms with Gasteiger partial charge < -0.3 is 0 Å². The third kappa shape index (κ3) is 2.98. The first kappa shape index (κ1) is 19.9. The predicted molar refractivity (Wildman–Crippen MR) is 65.5 cm³/mol. The molecule has 0 fully saturated rings. The molecule has 1 atom stereocenters. The minimum atomic E-state index is -6.83. The molecule has 12 heteroatoms. The number of halogens is 11. The molecule has 23 heavy (non-hydrogen) atoms. The van der Waals surface area contributed by atoms with Gasteiger partial charge in [-0.15, -0.1) is 0 Å². The molecular weight excluding hydrogens is 388 g/mol. The van der Waals surface area contributed by atoms with E-state index in [-0.39, 0.29) is 12.1 Å². The lowest BCUT2D eigenvalue weighted by atomic mass is 9.87. The lowest BCUT2D eigenvalue weighted by Gasteiger charge is -2.36. The molecule has 0 saturated heterocycles. The molecule has 0 aliphatic carbocycles. The molecule has 0 aliphatic heterocycles. The van der Waals surface area contributed by atoms with Gasteiger partial charge in [0.15, 0.2) is 0 Å². The molecule has 1 aromatic rings. The average Bonchev–Trinajstić information content (AvgIpc) is 2.34. The maximum atomic E-state index is 14.1. The molecular formula is C11H4Cl2F9N. The van der Waals surface area contributed by atoms with Crippen LogP contribution in [0.15, 0.2) is 17.1 Å². The Balaban J connectivity index is 3.80. The van der Waals surface area contributed by atoms with E-state index in [9.17, 15) is 39.5 Å². The van der Waals surface area contributed by atoms with Crippen LogP contribution in [0.3, 0.4) is 0 Å². The third-order valence-corrected chi connectivity index (χ3v) is 3.33. The summed E-state index contributed by atoms with van der Waals surface area (Å²) in [5.74, 6) is -6.80. The van der Waals surface area contributed by atoms with E-state index in [2.05, 4.69) is 11.7 Å². The van der Waals surface area contributed by atoms with Gasteiger partial charge in [0.2, 0.25) is 0 Å². The number of hydrogen-bond donors (Lipinski definition) is 0. The van der Waals surface area contributed by atoms with Crippen molar-refractivity contribution in [2.24, 2.45) is 4.99 Å². The molecule has 0 saturated carbocycles. The van der Waals surface area contributed by atoms with Crippen molar-refractivity contribution in [1.29, 1.82) is 0 Å². The Morgan fingerprint density at radius 3 is 1.43 bits per heavy atom. The van der Waals surface area contributed by atoms with Gasteiger partial charge in [0, 0.05) is 5.56 Å². The van der Waals surface area contributed by atoms with Gasteiger partial charge in [-0.1, -0.05) is 23.2 Å². The predicted octanol–water partition coefficient (Wildman–Crippen LogP) is 6.25. The molecule has 0 spiro atoms. The number of rotatable bonds is 3. The fourth-order valence-electron chi connectivity index (χ4n) is 1.63. The molecule has 0 bridgehead atoms. The van der Waals surface area contributed by atoms with Gasteiger partial charge in [0.1, 0.15) is 0 Å². The summed E-state index contributed by atoms with van der Waals surface area (Å²) in [6.07, 6.45) is -13.5. The van der Waals surface area contributed by atoms with Crippen LogP contribution in [0.5, 0.6) is 0 Å². The summed E-state index contributed by atoms with van der Waals surface area (Å²) in [6.45, 7) is 2.92. The van der Waals surface area contributed by atoms with Crippen molar-refractivity contribution >= 4 is 35.6 Å². The first-order valence-corrected chi connectivity index (χ1v) is 6.03. The maximum absolute atomic E-state index is 14.1. The number of nitrogens with zero attached hydrogens (tertiary/aromatic N) is 1. The normalized spacial score (nSPS) is 16.1. The first-order valence-electron chi connectivity index (χ1n) is 5.27. The van der Waals surface area contributed by atoms with Crippen LogP contribution in [0.25, 0.3) is 0 Å². The summed E-state index contributed by atoms with van der Waals surface area (Å²) in [5.41, 5.74) is -8.72. The third-order valence-electron chi connectivity index (χ3n) is 2.75. The molecule has 1 unspecified atom stereocenters. The quantitative estimate of drug-likeness (QED) is 0.426. The first-order chi connectivity index (χ1) is 10.1. The van der Waals surface area contributed by atoms with Crippen molar-refractivity contribution in [2.75, 3.05) is 0 Å². The highest BCUT2D eigenvalue weighted by Gasteiger charge is 2.81. The molecule has 1 rings (SSSR count). The Morgan fingerprint density at radius 1 is 0.783 bits per heavy atom. The van der Waals surface area contributed by atoms with E-state index in [0.717, 1.165) is 0 Å². The van der Waals surface area contributed by atoms with Crippen LogP contribution in [0, 0.1) is 0 Å². The summed E-state index contributed by atoms with van der Waals surface area (Å²) in [4.78, 5) is 3.14. The second-order valence-corrected chi connectivity index (χ2v) is 4.99. The summed E-state index contributed by atoms with van der Waals surface area (Å²) < 4.78 is 116. The summed E-state index contributed by atoms with van der Waals surface area (Å²) in [6, 6.07) is -0.130. The largest absolute Gasteiger partial charge is 0.457 e. The van der Waals surface area contributed by atoms with E-state index in [1.807, 2.05) is 0 Å². The Morgan fingerprint density at radius 2 is 1.17 bits per heavy atom. The SMILES string of the molecule is C=Nc1c(Cl)cc(C(F)(C(F)(F)F)C(F)(F)C(F)(F)F)cc1Cl. The summed E-state index contributed by atoms with van der Waals surface area (Å²) in [5, 5.41) is -1.77. The second-order valence-electron chi connectivity index (χ2n) is 4.17. The molecule has 0 heterocycles. The summed E-state index contributed by atoms with van der Waals surface area (Å²) >= 11 is 10.8. The summed E-state index contributed by atoms with van der Waals surface area (Å²) in [7, 11) is 0. The molecule has 1 nitrogen and oxygen atoms in total. The van der Waals surface area contributed by atoms with Crippen molar-refractivity contribution in [3.8, 4) is 0 Å². The standard InChI is InChI=1S/C11H4Cl2F9N/c1-23-7-5(12)2-4(3-6(7)13)8(14,10(17,18)19)9(15,16)11(20,21)22/h2-3H,1H2. The van der Waals surface area contributed by atoms with Gasteiger partial charge in [0.25, 0.3) is 0 Å². The molecule has 0 aromatic heterocycles. The Kier molecular flexibility index (Phi) is 4.95. The van der Waals surface area contributed by atoms with Crippen LogP contribution < -0.4 is 0 Å². The van der Waals surface area contributed by atoms with Gasteiger partial charge in [-0.25, -0.2) is 4.39 Å². The van der Waals surface area contributed by atoms with Crippen LogP contribution in [0.4, 0.5) is 45.2 Å². The van der Waals surface area contributed by atoms with Crippen LogP contribution in [0.2, 0.25) is 10.0 Å². The van der Waals surface area contributed by atoms with Crippen molar-refractivity contribution < 1.29 is 39.5 Å². The highest BCUT2D eigenvalue weighted by Crippen LogP contribution is 2.59. The van der Waals surface area contributed by atoms with Gasteiger partial charge in [0.05, 0.1) is 15.7 Å². The molecule has 130 valence electrons. The van der Waals surface area contributed by atoms with Gasteiger partial charge in [-0.3, -0.25) is 4.99 Å². The Hall–Kier alpha value is -1.16. The lowest BCUT2D eigenvalue weighted by Crippen LogP contribution is -2.59. The monoisotopic (exact) mass is 391 g/mol. The van der Waals surface area contributed by atoms with Crippen molar-refractivity contribution in [1.82, 2.24) is 0 Å². The average molecular weight is 392 g/mol. The topological polar surface area (TPSA) is 12.4 Å². The second kappa shape index (κ2) is 5.73. The van der Waals surface area contributed by atoms with E-state index in [4.69, 9.17) is 23.2 Å². The lowest BCUT2D eigenvalue weighted by molar-refractivity contribution is -0.389. The van der Waals surface area contributed by atoms with Crippen LogP contribution in [-0.2, 0) is 5.67 Å². The van der Waals surface area contributed by atoms with Crippen LogP contribution in [-0.4, -0.2) is 25.0 Å². The fraction of sp³-hybridized carbons (Fsp3) is 0.364. The smallest absolute Gasteiger partial charge is 0.262 e. The zero-order valence-corrected chi connectivity index (χ0v) is 12.0. The Labute approximate surface area is 132 Å². The number of alkyl halides is 9. The molecule has 0 amide bonds. The van der Waals surface area contributed by atoms with Gasteiger partial charge in [-0.05, 0) is 18.9 Å². The molecule has 0 aliphatic rings. The zero-order valence-electron chi connectivity index (χ0n) is 10.5. The van der Waals surface area contributed by atoms with E-state index >= 15 is 0 Å². The van der Waals surface area contributed by atoms with Crippen molar-refractivity contribution in [3.63, 3.8) is 0 Å². The Bertz CT molecular complexity index is 600. The highest BCUT2D eigenvalue weighted by molar-refractivity contribution is 6.38. The minimum Gasteiger partial charge on any atom is -0.262 e. The molecule has 0 radical (unpaired) electrons. The fourth-order valence-corrected chi connectivity index (χ4v) is 2.24. The van der Waals surface area contributed by atoms with Crippen LogP contribution in [0.1, 0.15) is 5.56 Å². The molecule has 1 aromatic carbocycles. The minimum absolute atomic E-state index is 0.0649. The number of benzene rings is 1. The van der Waals surface area contributed by atoms with Crippen LogP contribution >= 0.6 is 23.2 Å². The van der Waals surface area contributed by atoms with E-state index < -0.39 is 45.2 Å². The van der Waals surface area contributed by atoms with E-state index in [1.165, 1.54) is 0 Å². The zero-order chi connectivity index (χ0) is 18.4. The maximum Gasteiger partial charge on any atom is 0.457 e. The van der Waals surface area contributed by atoms with Crippen molar-refractivity contribution in [2.45, 2.75) is 23.9 Å². The van der Waals surface area contributed by atoms with E-state index in [0.29, 0.717) is 0 Å². The van der Waals surface area contributed by atoms with E-state index in [1.54, 1.807) is 0 Å². The van der Waals surface area contributed by atoms with Gasteiger partial charge >= 0.3 is 23.9 Å².